The van der Waals surface area contributed by atoms with Crippen molar-refractivity contribution >= 4 is 28.5 Å². The molecular weight excluding hydrogens is 472 g/mol. The van der Waals surface area contributed by atoms with E-state index in [0.717, 1.165) is 18.7 Å². The van der Waals surface area contributed by atoms with Crippen LogP contribution in [0, 0.1) is 6.92 Å². The van der Waals surface area contributed by atoms with Gasteiger partial charge >= 0.3 is 0 Å². The number of halogens is 1. The van der Waals surface area contributed by atoms with Gasteiger partial charge in [-0.25, -0.2) is 0 Å². The molecule has 0 bridgehead atoms. The van der Waals surface area contributed by atoms with Crippen LogP contribution in [0.2, 0.25) is 5.02 Å². The minimum atomic E-state index is -0.690. The summed E-state index contributed by atoms with van der Waals surface area (Å²) >= 11 is 6.33. The van der Waals surface area contributed by atoms with E-state index in [2.05, 4.69) is 4.90 Å². The predicted octanol–water partition coefficient (Wildman–Crippen LogP) is 3.65. The molecule has 3 heterocycles. The fraction of sp³-hybridized carbons (Fsp3) is 0.385. The van der Waals surface area contributed by atoms with E-state index < -0.39 is 6.04 Å². The zero-order chi connectivity index (χ0) is 24.7. The van der Waals surface area contributed by atoms with E-state index in [4.69, 9.17) is 30.2 Å². The van der Waals surface area contributed by atoms with Crippen LogP contribution in [0.1, 0.15) is 33.3 Å². The zero-order valence-electron chi connectivity index (χ0n) is 19.9. The van der Waals surface area contributed by atoms with Crippen LogP contribution < -0.4 is 14.9 Å². The van der Waals surface area contributed by atoms with Crippen LogP contribution >= 0.6 is 11.6 Å². The topological polar surface area (TPSA) is 81.5 Å². The Morgan fingerprint density at radius 1 is 1.06 bits per heavy atom. The van der Waals surface area contributed by atoms with Gasteiger partial charge in [-0.05, 0) is 42.8 Å². The summed E-state index contributed by atoms with van der Waals surface area (Å²) in [5, 5.41) is 0.808. The molecule has 2 aliphatic heterocycles. The van der Waals surface area contributed by atoms with Crippen molar-refractivity contribution in [3.05, 3.63) is 68.0 Å². The third kappa shape index (κ3) is 4.16. The van der Waals surface area contributed by atoms with Gasteiger partial charge in [0.05, 0.1) is 44.4 Å². The van der Waals surface area contributed by atoms with Gasteiger partial charge in [0.15, 0.2) is 5.43 Å². The van der Waals surface area contributed by atoms with E-state index >= 15 is 0 Å². The molecule has 1 aromatic heterocycles. The maximum Gasteiger partial charge on any atom is 0.290 e. The maximum atomic E-state index is 13.8. The van der Waals surface area contributed by atoms with E-state index in [1.54, 1.807) is 49.5 Å². The summed E-state index contributed by atoms with van der Waals surface area (Å²) in [6.07, 6.45) is 0. The smallest absolute Gasteiger partial charge is 0.290 e. The Hall–Kier alpha value is -3.07. The summed E-state index contributed by atoms with van der Waals surface area (Å²) < 4.78 is 22.6. The van der Waals surface area contributed by atoms with Crippen molar-refractivity contribution in [3.8, 4) is 11.5 Å². The van der Waals surface area contributed by atoms with E-state index in [-0.39, 0.29) is 22.7 Å². The number of morpholine rings is 1. The lowest BCUT2D eigenvalue weighted by atomic mass is 9.97. The molecule has 1 unspecified atom stereocenters. The first-order valence-electron chi connectivity index (χ1n) is 11.5. The van der Waals surface area contributed by atoms with Crippen molar-refractivity contribution in [3.63, 3.8) is 0 Å². The molecule has 0 spiro atoms. The molecule has 184 valence electrons. The number of benzene rings is 2. The Balaban J connectivity index is 1.68. The van der Waals surface area contributed by atoms with Gasteiger partial charge in [-0.1, -0.05) is 11.6 Å². The molecule has 1 saturated heterocycles. The SMILES string of the molecule is COc1ccc(OC)c(C2c3c(oc4cc(C)c(Cl)cc4c3=O)C(=O)N2CCN2CCOCC2)c1. The lowest BCUT2D eigenvalue weighted by Gasteiger charge is -2.31. The summed E-state index contributed by atoms with van der Waals surface area (Å²) in [7, 11) is 3.13. The van der Waals surface area contributed by atoms with Gasteiger partial charge in [-0.3, -0.25) is 14.5 Å². The molecule has 1 amide bonds. The molecule has 35 heavy (non-hydrogen) atoms. The first-order valence-corrected chi connectivity index (χ1v) is 11.9. The summed E-state index contributed by atoms with van der Waals surface area (Å²) in [6.45, 7) is 5.78. The lowest BCUT2D eigenvalue weighted by molar-refractivity contribution is 0.0314. The second kappa shape index (κ2) is 9.53. The zero-order valence-corrected chi connectivity index (χ0v) is 20.7. The highest BCUT2D eigenvalue weighted by atomic mass is 35.5. The molecule has 0 saturated carbocycles. The molecule has 1 fully saturated rings. The molecule has 2 aromatic carbocycles. The van der Waals surface area contributed by atoms with Crippen LogP contribution in [0.3, 0.4) is 0 Å². The fourth-order valence-electron chi connectivity index (χ4n) is 4.82. The molecule has 3 aromatic rings. The largest absolute Gasteiger partial charge is 0.497 e. The van der Waals surface area contributed by atoms with Crippen molar-refractivity contribution in [1.82, 2.24) is 9.80 Å². The number of carbonyl (C=O) groups is 1. The van der Waals surface area contributed by atoms with E-state index in [0.29, 0.717) is 59.4 Å². The monoisotopic (exact) mass is 498 g/mol. The predicted molar refractivity (Wildman–Crippen MR) is 132 cm³/mol. The molecule has 0 radical (unpaired) electrons. The highest BCUT2D eigenvalue weighted by Gasteiger charge is 2.44. The highest BCUT2D eigenvalue weighted by Crippen LogP contribution is 2.43. The van der Waals surface area contributed by atoms with Crippen LogP contribution in [-0.2, 0) is 4.74 Å². The van der Waals surface area contributed by atoms with Crippen LogP contribution in [-0.4, -0.2) is 69.3 Å². The Kier molecular flexibility index (Phi) is 6.44. The van der Waals surface area contributed by atoms with Gasteiger partial charge in [0.25, 0.3) is 5.91 Å². The number of carbonyl (C=O) groups excluding carboxylic acids is 1. The Bertz CT molecular complexity index is 1350. The number of methoxy groups -OCH3 is 2. The summed E-state index contributed by atoms with van der Waals surface area (Å²) in [5.74, 6) is 0.878. The molecular formula is C26H27ClN2O6. The number of hydrogen-bond acceptors (Lipinski definition) is 7. The average molecular weight is 499 g/mol. The van der Waals surface area contributed by atoms with Crippen molar-refractivity contribution in [2.45, 2.75) is 13.0 Å². The van der Waals surface area contributed by atoms with Crippen molar-refractivity contribution < 1.29 is 23.4 Å². The Morgan fingerprint density at radius 2 is 1.83 bits per heavy atom. The number of fused-ring (bicyclic) bond motifs is 2. The fourth-order valence-corrected chi connectivity index (χ4v) is 4.99. The van der Waals surface area contributed by atoms with Crippen molar-refractivity contribution in [2.24, 2.45) is 0 Å². The van der Waals surface area contributed by atoms with Crippen LogP contribution in [0.15, 0.2) is 39.5 Å². The van der Waals surface area contributed by atoms with Gasteiger partial charge in [0, 0.05) is 36.8 Å². The minimum absolute atomic E-state index is 0.0565. The second-order valence-electron chi connectivity index (χ2n) is 8.73. The van der Waals surface area contributed by atoms with Gasteiger partial charge in [-0.15, -0.1) is 0 Å². The Morgan fingerprint density at radius 3 is 2.54 bits per heavy atom. The van der Waals surface area contributed by atoms with Crippen molar-refractivity contribution in [2.75, 3.05) is 53.6 Å². The third-order valence-corrected chi connectivity index (χ3v) is 7.15. The molecule has 5 rings (SSSR count). The molecule has 8 nitrogen and oxygen atoms in total. The van der Waals surface area contributed by atoms with Crippen LogP contribution in [0.4, 0.5) is 0 Å². The maximum absolute atomic E-state index is 13.8. The standard InChI is InChI=1S/C26H27ClN2O6/c1-15-12-21-18(14-19(15)27)24(30)22-23(17-13-16(32-2)4-5-20(17)33-3)29(26(31)25(22)35-21)7-6-28-8-10-34-11-9-28/h4-5,12-14,23H,6-11H2,1-3H3. The lowest BCUT2D eigenvalue weighted by Crippen LogP contribution is -2.42. The average Bonchev–Trinajstić information content (AvgIpc) is 3.15. The first kappa shape index (κ1) is 23.7. The third-order valence-electron chi connectivity index (χ3n) is 6.74. The van der Waals surface area contributed by atoms with Crippen LogP contribution in [0.25, 0.3) is 11.0 Å². The van der Waals surface area contributed by atoms with Crippen molar-refractivity contribution in [1.29, 1.82) is 0 Å². The number of ether oxygens (including phenoxy) is 3. The number of nitrogens with zero attached hydrogens (tertiary/aromatic N) is 2. The van der Waals surface area contributed by atoms with Crippen LogP contribution in [0.5, 0.6) is 11.5 Å². The van der Waals surface area contributed by atoms with Gasteiger partial charge in [0.1, 0.15) is 17.1 Å². The normalized spacial score (nSPS) is 18.2. The highest BCUT2D eigenvalue weighted by molar-refractivity contribution is 6.32. The number of hydrogen-bond donors (Lipinski definition) is 0. The summed E-state index contributed by atoms with van der Waals surface area (Å²) in [4.78, 5) is 31.5. The molecule has 9 heteroatoms. The van der Waals surface area contributed by atoms with Gasteiger partial charge < -0.3 is 23.5 Å². The summed E-state index contributed by atoms with van der Waals surface area (Å²) in [6, 6.07) is 7.98. The number of aryl methyl sites for hydroxylation is 1. The quantitative estimate of drug-likeness (QED) is 0.513. The van der Waals surface area contributed by atoms with E-state index in [1.165, 1.54) is 0 Å². The van der Waals surface area contributed by atoms with Gasteiger partial charge in [0.2, 0.25) is 5.76 Å². The molecule has 0 N–H and O–H groups in total. The molecule has 0 aliphatic carbocycles. The molecule has 1 atom stereocenters. The first-order chi connectivity index (χ1) is 16.9. The minimum Gasteiger partial charge on any atom is -0.497 e. The number of amides is 1. The van der Waals surface area contributed by atoms with E-state index in [9.17, 15) is 9.59 Å². The van der Waals surface area contributed by atoms with E-state index in [1.807, 2.05) is 6.92 Å². The second-order valence-corrected chi connectivity index (χ2v) is 9.14. The molecule has 2 aliphatic rings. The number of rotatable bonds is 6. The Labute approximate surface area is 207 Å². The summed E-state index contributed by atoms with van der Waals surface area (Å²) in [5.41, 5.74) is 1.78. The van der Waals surface area contributed by atoms with Gasteiger partial charge in [-0.2, -0.15) is 0 Å².